The SMILES string of the molecule is Brc1csc(CNc2cn[nH]c2)c1. The van der Waals surface area contributed by atoms with Crippen LogP contribution in [0.2, 0.25) is 0 Å². The average Bonchev–Trinajstić information content (AvgIpc) is 2.71. The molecule has 2 N–H and O–H groups in total. The lowest BCUT2D eigenvalue weighted by molar-refractivity contribution is 1.09. The molecule has 0 saturated heterocycles. The first-order chi connectivity index (χ1) is 6.34. The maximum atomic E-state index is 3.85. The van der Waals surface area contributed by atoms with E-state index in [0.29, 0.717) is 0 Å². The Morgan fingerprint density at radius 1 is 1.62 bits per heavy atom. The van der Waals surface area contributed by atoms with E-state index in [9.17, 15) is 0 Å². The third-order valence-electron chi connectivity index (χ3n) is 1.59. The highest BCUT2D eigenvalue weighted by Gasteiger charge is 1.97. The number of aromatic nitrogens is 2. The van der Waals surface area contributed by atoms with E-state index in [1.54, 1.807) is 17.5 Å². The molecule has 2 aromatic heterocycles. The zero-order valence-electron chi connectivity index (χ0n) is 6.75. The molecule has 0 fully saturated rings. The van der Waals surface area contributed by atoms with Gasteiger partial charge in [-0.2, -0.15) is 5.10 Å². The van der Waals surface area contributed by atoms with Crippen molar-refractivity contribution < 1.29 is 0 Å². The largest absolute Gasteiger partial charge is 0.378 e. The maximum absolute atomic E-state index is 3.85. The molecule has 0 aliphatic heterocycles. The van der Waals surface area contributed by atoms with Gasteiger partial charge in [0.1, 0.15) is 0 Å². The van der Waals surface area contributed by atoms with Crippen molar-refractivity contribution in [3.05, 3.63) is 33.2 Å². The molecule has 0 saturated carbocycles. The van der Waals surface area contributed by atoms with E-state index in [-0.39, 0.29) is 0 Å². The van der Waals surface area contributed by atoms with Gasteiger partial charge in [-0.05, 0) is 22.0 Å². The first kappa shape index (κ1) is 8.77. The van der Waals surface area contributed by atoms with E-state index in [1.807, 2.05) is 6.20 Å². The number of H-pyrrole nitrogens is 1. The highest BCUT2D eigenvalue weighted by molar-refractivity contribution is 9.10. The van der Waals surface area contributed by atoms with Crippen LogP contribution in [0.3, 0.4) is 0 Å². The van der Waals surface area contributed by atoms with Gasteiger partial charge in [-0.3, -0.25) is 5.10 Å². The normalized spacial score (nSPS) is 10.2. The van der Waals surface area contributed by atoms with Crippen molar-refractivity contribution in [2.45, 2.75) is 6.54 Å². The topological polar surface area (TPSA) is 40.7 Å². The molecule has 0 atom stereocenters. The van der Waals surface area contributed by atoms with Crippen molar-refractivity contribution in [3.8, 4) is 0 Å². The molecular formula is C8H8BrN3S. The minimum atomic E-state index is 0.843. The number of nitrogens with zero attached hydrogens (tertiary/aromatic N) is 1. The third-order valence-corrected chi connectivity index (χ3v) is 3.28. The molecule has 13 heavy (non-hydrogen) atoms. The lowest BCUT2D eigenvalue weighted by Gasteiger charge is -1.98. The lowest BCUT2D eigenvalue weighted by atomic mass is 10.4. The van der Waals surface area contributed by atoms with E-state index in [4.69, 9.17) is 0 Å². The van der Waals surface area contributed by atoms with E-state index < -0.39 is 0 Å². The summed E-state index contributed by atoms with van der Waals surface area (Å²) in [5, 5.41) is 11.9. The summed E-state index contributed by atoms with van der Waals surface area (Å²) in [5.41, 5.74) is 1.02. The minimum Gasteiger partial charge on any atom is -0.378 e. The van der Waals surface area contributed by atoms with Gasteiger partial charge in [0.2, 0.25) is 0 Å². The van der Waals surface area contributed by atoms with Crippen molar-refractivity contribution in [1.29, 1.82) is 0 Å². The van der Waals surface area contributed by atoms with E-state index in [0.717, 1.165) is 16.7 Å². The molecule has 0 aliphatic rings. The molecule has 2 heterocycles. The zero-order chi connectivity index (χ0) is 9.10. The molecule has 0 spiro atoms. The summed E-state index contributed by atoms with van der Waals surface area (Å²) >= 11 is 5.15. The molecule has 0 amide bonds. The number of halogens is 1. The summed E-state index contributed by atoms with van der Waals surface area (Å²) in [6.07, 6.45) is 3.60. The zero-order valence-corrected chi connectivity index (χ0v) is 9.15. The predicted octanol–water partition coefficient (Wildman–Crippen LogP) is 2.85. The van der Waals surface area contributed by atoms with Crippen molar-refractivity contribution in [2.24, 2.45) is 0 Å². The maximum Gasteiger partial charge on any atom is 0.0726 e. The summed E-state index contributed by atoms with van der Waals surface area (Å²) in [6, 6.07) is 2.11. The first-order valence-corrected chi connectivity index (χ1v) is 5.47. The Morgan fingerprint density at radius 2 is 2.54 bits per heavy atom. The van der Waals surface area contributed by atoms with Crippen LogP contribution in [-0.2, 0) is 6.54 Å². The molecule has 5 heteroatoms. The highest BCUT2D eigenvalue weighted by Crippen LogP contribution is 2.20. The van der Waals surface area contributed by atoms with Gasteiger partial charge in [0, 0.05) is 27.5 Å². The van der Waals surface area contributed by atoms with Crippen molar-refractivity contribution >= 4 is 33.0 Å². The van der Waals surface area contributed by atoms with Crippen LogP contribution in [-0.4, -0.2) is 10.2 Å². The average molecular weight is 258 g/mol. The predicted molar refractivity (Wildman–Crippen MR) is 57.9 cm³/mol. The summed E-state index contributed by atoms with van der Waals surface area (Å²) < 4.78 is 1.14. The Bertz CT molecular complexity index is 368. The van der Waals surface area contributed by atoms with Gasteiger partial charge in [0.05, 0.1) is 11.9 Å². The third kappa shape index (κ3) is 2.32. The highest BCUT2D eigenvalue weighted by atomic mass is 79.9. The Morgan fingerprint density at radius 3 is 3.15 bits per heavy atom. The number of anilines is 1. The van der Waals surface area contributed by atoms with Gasteiger partial charge in [0.15, 0.2) is 0 Å². The number of thiophene rings is 1. The van der Waals surface area contributed by atoms with Crippen molar-refractivity contribution in [2.75, 3.05) is 5.32 Å². The van der Waals surface area contributed by atoms with Crippen LogP contribution in [0.1, 0.15) is 4.88 Å². The second-order valence-corrected chi connectivity index (χ2v) is 4.48. The second kappa shape index (κ2) is 3.93. The summed E-state index contributed by atoms with van der Waals surface area (Å²) in [7, 11) is 0. The van der Waals surface area contributed by atoms with E-state index >= 15 is 0 Å². The van der Waals surface area contributed by atoms with E-state index in [2.05, 4.69) is 42.9 Å². The molecule has 0 bridgehead atoms. The summed E-state index contributed by atoms with van der Waals surface area (Å²) in [4.78, 5) is 1.30. The second-order valence-electron chi connectivity index (χ2n) is 2.57. The van der Waals surface area contributed by atoms with Crippen LogP contribution in [0.5, 0.6) is 0 Å². The Hall–Kier alpha value is -0.810. The smallest absolute Gasteiger partial charge is 0.0726 e. The molecule has 68 valence electrons. The van der Waals surface area contributed by atoms with Crippen molar-refractivity contribution in [1.82, 2.24) is 10.2 Å². The van der Waals surface area contributed by atoms with Crippen LogP contribution in [0.4, 0.5) is 5.69 Å². The van der Waals surface area contributed by atoms with E-state index in [1.165, 1.54) is 4.88 Å². The molecule has 0 radical (unpaired) electrons. The van der Waals surface area contributed by atoms with Crippen molar-refractivity contribution in [3.63, 3.8) is 0 Å². The lowest BCUT2D eigenvalue weighted by Crippen LogP contribution is -1.95. The number of nitrogens with one attached hydrogen (secondary N) is 2. The van der Waals surface area contributed by atoms with Gasteiger partial charge < -0.3 is 5.32 Å². The fraction of sp³-hybridized carbons (Fsp3) is 0.125. The fourth-order valence-corrected chi connectivity index (χ4v) is 2.37. The van der Waals surface area contributed by atoms with Gasteiger partial charge in [-0.15, -0.1) is 11.3 Å². The summed E-state index contributed by atoms with van der Waals surface area (Å²) in [6.45, 7) is 0.843. The monoisotopic (exact) mass is 257 g/mol. The quantitative estimate of drug-likeness (QED) is 0.888. The molecule has 2 rings (SSSR count). The van der Waals surface area contributed by atoms with Gasteiger partial charge >= 0.3 is 0 Å². The molecule has 3 nitrogen and oxygen atoms in total. The van der Waals surface area contributed by atoms with Crippen LogP contribution < -0.4 is 5.32 Å². The Balaban J connectivity index is 1.93. The number of hydrogen-bond donors (Lipinski definition) is 2. The van der Waals surface area contributed by atoms with Crippen LogP contribution in [0, 0.1) is 0 Å². The molecular weight excluding hydrogens is 250 g/mol. The molecule has 0 aliphatic carbocycles. The Kier molecular flexibility index (Phi) is 2.65. The number of aromatic amines is 1. The molecule has 0 aromatic carbocycles. The van der Waals surface area contributed by atoms with Crippen LogP contribution >= 0.6 is 27.3 Å². The number of rotatable bonds is 3. The van der Waals surface area contributed by atoms with Gasteiger partial charge in [-0.1, -0.05) is 0 Å². The van der Waals surface area contributed by atoms with Gasteiger partial charge in [0.25, 0.3) is 0 Å². The van der Waals surface area contributed by atoms with Gasteiger partial charge in [-0.25, -0.2) is 0 Å². The first-order valence-electron chi connectivity index (χ1n) is 3.80. The van der Waals surface area contributed by atoms with Crippen LogP contribution in [0.25, 0.3) is 0 Å². The minimum absolute atomic E-state index is 0.843. The number of hydrogen-bond acceptors (Lipinski definition) is 3. The Labute approximate surface area is 88.3 Å². The summed E-state index contributed by atoms with van der Waals surface area (Å²) in [5.74, 6) is 0. The molecule has 0 unspecified atom stereocenters. The fourth-order valence-electron chi connectivity index (χ4n) is 0.983. The standard InChI is InChI=1S/C8H8BrN3S/c9-6-1-8(13-5-6)4-10-7-2-11-12-3-7/h1-3,5,10H,4H2,(H,11,12). The molecule has 2 aromatic rings. The van der Waals surface area contributed by atoms with Crippen LogP contribution in [0.15, 0.2) is 28.3 Å².